The van der Waals surface area contributed by atoms with Crippen LogP contribution in [0.4, 0.5) is 17.6 Å². The zero-order valence-electron chi connectivity index (χ0n) is 11.3. The van der Waals surface area contributed by atoms with Crippen LogP contribution < -0.4 is 4.74 Å². The molecule has 0 N–H and O–H groups in total. The second-order valence-electron chi connectivity index (χ2n) is 4.58. The minimum Gasteiger partial charge on any atom is -0.488 e. The van der Waals surface area contributed by atoms with Gasteiger partial charge in [0, 0.05) is 11.6 Å². The predicted octanol–water partition coefficient (Wildman–Crippen LogP) is 5.11. The molecule has 2 aromatic rings. The Labute approximate surface area is 128 Å². The summed E-state index contributed by atoms with van der Waals surface area (Å²) >= 11 is 5.83. The highest BCUT2D eigenvalue weighted by Crippen LogP contribution is 2.36. The fourth-order valence-electron chi connectivity index (χ4n) is 1.57. The van der Waals surface area contributed by atoms with Gasteiger partial charge in [-0.2, -0.15) is 13.2 Å². The number of hydrogen-bond acceptors (Lipinski definition) is 3. The summed E-state index contributed by atoms with van der Waals surface area (Å²) in [5, 5.41) is 3.22. The Hall–Kier alpha value is -2.02. The molecule has 0 bridgehead atoms. The van der Waals surface area contributed by atoms with Gasteiger partial charge in [-0.15, -0.1) is 0 Å². The first-order valence-corrected chi connectivity index (χ1v) is 6.37. The maximum atomic E-state index is 13.9. The van der Waals surface area contributed by atoms with Crippen LogP contribution in [0, 0.1) is 5.82 Å². The topological polar surface area (TPSA) is 35.3 Å². The molecule has 0 radical (unpaired) electrons. The van der Waals surface area contributed by atoms with Crippen LogP contribution in [0.5, 0.6) is 5.75 Å². The Kier molecular flexibility index (Phi) is 4.46. The van der Waals surface area contributed by atoms with Gasteiger partial charge in [0.25, 0.3) is 0 Å². The lowest BCUT2D eigenvalue weighted by Crippen LogP contribution is -2.02. The summed E-state index contributed by atoms with van der Waals surface area (Å²) in [6, 6.07) is 2.71. The van der Waals surface area contributed by atoms with E-state index in [1.165, 1.54) is 6.07 Å². The minimum atomic E-state index is -4.70. The third kappa shape index (κ3) is 3.59. The molecule has 8 heteroatoms. The van der Waals surface area contributed by atoms with Crippen LogP contribution in [0.1, 0.15) is 12.7 Å². The normalized spacial score (nSPS) is 11.5. The maximum absolute atomic E-state index is 13.9. The molecule has 0 aliphatic carbocycles. The van der Waals surface area contributed by atoms with Crippen LogP contribution in [0.25, 0.3) is 11.3 Å². The van der Waals surface area contributed by atoms with Gasteiger partial charge in [0.2, 0.25) is 5.76 Å². The first-order valence-electron chi connectivity index (χ1n) is 5.99. The molecule has 0 saturated heterocycles. The number of nitrogens with zero attached hydrogens (tertiary/aromatic N) is 1. The molecule has 3 nitrogen and oxygen atoms in total. The predicted molar refractivity (Wildman–Crippen MR) is 72.2 cm³/mol. The summed E-state index contributed by atoms with van der Waals surface area (Å²) in [5.41, 5.74) is 0.185. The van der Waals surface area contributed by atoms with Crippen molar-refractivity contribution in [3.8, 4) is 17.0 Å². The van der Waals surface area contributed by atoms with Gasteiger partial charge in [-0.05, 0) is 24.6 Å². The molecule has 1 aromatic carbocycles. The Morgan fingerprint density at radius 1 is 1.36 bits per heavy atom. The van der Waals surface area contributed by atoms with Gasteiger partial charge in [-0.1, -0.05) is 23.3 Å². The average Bonchev–Trinajstić information content (AvgIpc) is 2.86. The Morgan fingerprint density at radius 2 is 2.05 bits per heavy atom. The van der Waals surface area contributed by atoms with Crippen LogP contribution in [-0.2, 0) is 6.18 Å². The quantitative estimate of drug-likeness (QED) is 0.575. The van der Waals surface area contributed by atoms with E-state index >= 15 is 0 Å². The molecular weight excluding hydrogens is 326 g/mol. The second kappa shape index (κ2) is 6.00. The van der Waals surface area contributed by atoms with Gasteiger partial charge >= 0.3 is 6.18 Å². The number of aromatic nitrogens is 1. The van der Waals surface area contributed by atoms with Gasteiger partial charge in [-0.3, -0.25) is 0 Å². The van der Waals surface area contributed by atoms with Crippen LogP contribution in [0.2, 0.25) is 5.02 Å². The molecule has 0 fully saturated rings. The average molecular weight is 336 g/mol. The first-order chi connectivity index (χ1) is 10.2. The highest BCUT2D eigenvalue weighted by atomic mass is 35.5. The Morgan fingerprint density at radius 3 is 2.59 bits per heavy atom. The van der Waals surface area contributed by atoms with E-state index in [2.05, 4.69) is 16.3 Å². The number of halogens is 5. The molecule has 0 aliphatic heterocycles. The molecule has 0 spiro atoms. The van der Waals surface area contributed by atoms with E-state index in [4.69, 9.17) is 16.3 Å². The molecule has 2 rings (SSSR count). The van der Waals surface area contributed by atoms with Crippen molar-refractivity contribution in [3.63, 3.8) is 0 Å². The van der Waals surface area contributed by atoms with Crippen molar-refractivity contribution in [2.45, 2.75) is 13.1 Å². The third-order valence-electron chi connectivity index (χ3n) is 2.56. The van der Waals surface area contributed by atoms with Gasteiger partial charge < -0.3 is 9.26 Å². The fourth-order valence-corrected chi connectivity index (χ4v) is 1.78. The molecule has 0 atom stereocenters. The fraction of sp³-hybridized carbons (Fsp3) is 0.214. The summed E-state index contributed by atoms with van der Waals surface area (Å²) in [6.45, 7) is 5.48. The monoisotopic (exact) mass is 335 g/mol. The van der Waals surface area contributed by atoms with Crippen LogP contribution >= 0.6 is 11.6 Å². The van der Waals surface area contributed by atoms with Crippen molar-refractivity contribution >= 4 is 11.6 Å². The van der Waals surface area contributed by atoms with Crippen molar-refractivity contribution < 1.29 is 26.8 Å². The molecule has 0 saturated carbocycles. The highest BCUT2D eigenvalue weighted by Gasteiger charge is 2.36. The molecule has 0 amide bonds. The summed E-state index contributed by atoms with van der Waals surface area (Å²) in [5.74, 6) is -2.05. The molecule has 22 heavy (non-hydrogen) atoms. The Balaban J connectivity index is 2.40. The van der Waals surface area contributed by atoms with Gasteiger partial charge in [0.1, 0.15) is 23.9 Å². The third-order valence-corrected chi connectivity index (χ3v) is 2.86. The van der Waals surface area contributed by atoms with Crippen molar-refractivity contribution in [1.29, 1.82) is 0 Å². The number of benzene rings is 1. The standard InChI is InChI=1S/C14H10ClF4NO2/c1-7(2)6-21-12-3-8(10(16)4-9(12)15)11-5-13(22-20-11)14(17,18)19/h3-5H,1,6H2,2H3. The van der Waals surface area contributed by atoms with Gasteiger partial charge in [0.05, 0.1) is 5.02 Å². The van der Waals surface area contributed by atoms with E-state index in [9.17, 15) is 17.6 Å². The molecule has 1 aromatic heterocycles. The summed E-state index contributed by atoms with van der Waals surface area (Å²) in [4.78, 5) is 0. The van der Waals surface area contributed by atoms with Crippen molar-refractivity contribution in [1.82, 2.24) is 5.16 Å². The van der Waals surface area contributed by atoms with E-state index in [1.54, 1.807) is 6.92 Å². The van der Waals surface area contributed by atoms with E-state index in [1.807, 2.05) is 0 Å². The van der Waals surface area contributed by atoms with Crippen molar-refractivity contribution in [3.05, 3.63) is 47.0 Å². The largest absolute Gasteiger partial charge is 0.488 e. The maximum Gasteiger partial charge on any atom is 0.452 e. The summed E-state index contributed by atoms with van der Waals surface area (Å²) in [6.07, 6.45) is -4.70. The lowest BCUT2D eigenvalue weighted by Gasteiger charge is -2.09. The van der Waals surface area contributed by atoms with Gasteiger partial charge in [-0.25, -0.2) is 4.39 Å². The van der Waals surface area contributed by atoms with Crippen LogP contribution in [0.3, 0.4) is 0 Å². The molecule has 0 aliphatic rings. The van der Waals surface area contributed by atoms with E-state index in [0.29, 0.717) is 11.6 Å². The SMILES string of the molecule is C=C(C)COc1cc(-c2cc(C(F)(F)F)on2)c(F)cc1Cl. The van der Waals surface area contributed by atoms with Gasteiger partial charge in [0.15, 0.2) is 0 Å². The van der Waals surface area contributed by atoms with E-state index in [0.717, 1.165) is 6.07 Å². The number of hydrogen-bond donors (Lipinski definition) is 0. The summed E-state index contributed by atoms with van der Waals surface area (Å²) in [7, 11) is 0. The zero-order chi connectivity index (χ0) is 16.5. The molecule has 0 unspecified atom stereocenters. The number of alkyl halides is 3. The van der Waals surface area contributed by atoms with E-state index in [-0.39, 0.29) is 28.6 Å². The minimum absolute atomic E-state index is 0.0120. The molecular formula is C14H10ClF4NO2. The smallest absolute Gasteiger partial charge is 0.452 e. The first kappa shape index (κ1) is 16.4. The molecule has 1 heterocycles. The highest BCUT2D eigenvalue weighted by molar-refractivity contribution is 6.32. The zero-order valence-corrected chi connectivity index (χ0v) is 12.1. The van der Waals surface area contributed by atoms with Crippen molar-refractivity contribution in [2.75, 3.05) is 6.61 Å². The van der Waals surface area contributed by atoms with E-state index < -0.39 is 17.8 Å². The lowest BCUT2D eigenvalue weighted by molar-refractivity contribution is -0.155. The summed E-state index contributed by atoms with van der Waals surface area (Å²) < 4.78 is 60.9. The Bertz CT molecular complexity index is 709. The van der Waals surface area contributed by atoms with Crippen molar-refractivity contribution in [2.24, 2.45) is 0 Å². The number of rotatable bonds is 4. The molecule has 118 valence electrons. The second-order valence-corrected chi connectivity index (χ2v) is 4.99. The van der Waals surface area contributed by atoms with Crippen LogP contribution in [-0.4, -0.2) is 11.8 Å². The number of ether oxygens (including phenoxy) is 1. The van der Waals surface area contributed by atoms with Crippen LogP contribution in [0.15, 0.2) is 34.9 Å². The lowest BCUT2D eigenvalue weighted by atomic mass is 10.1.